The first-order valence-electron chi connectivity index (χ1n) is 7.17. The first-order valence-corrected chi connectivity index (χ1v) is 7.17. The van der Waals surface area contributed by atoms with Crippen molar-refractivity contribution in [3.63, 3.8) is 0 Å². The Balaban J connectivity index is 2.05. The predicted octanol–water partition coefficient (Wildman–Crippen LogP) is 2.91. The number of nitrogens with zero attached hydrogens (tertiary/aromatic N) is 1. The van der Waals surface area contributed by atoms with E-state index in [0.717, 1.165) is 24.2 Å². The fourth-order valence-corrected chi connectivity index (χ4v) is 2.34. The summed E-state index contributed by atoms with van der Waals surface area (Å²) in [7, 11) is 0. The molecule has 3 heteroatoms. The van der Waals surface area contributed by atoms with E-state index < -0.39 is 0 Å². The van der Waals surface area contributed by atoms with E-state index in [-0.39, 0.29) is 11.4 Å². The normalized spacial score (nSPS) is 15.2. The van der Waals surface area contributed by atoms with Gasteiger partial charge in [0.25, 0.3) is 0 Å². The van der Waals surface area contributed by atoms with Crippen LogP contribution < -0.4 is 10.2 Å². The van der Waals surface area contributed by atoms with Crippen molar-refractivity contribution in [2.75, 3.05) is 18.0 Å². The molecule has 2 rings (SSSR count). The fraction of sp³-hybridized carbons (Fsp3) is 0.471. The van der Waals surface area contributed by atoms with Crippen LogP contribution in [0.2, 0.25) is 0 Å². The van der Waals surface area contributed by atoms with E-state index in [1.54, 1.807) is 0 Å². The minimum atomic E-state index is 0.0623. The van der Waals surface area contributed by atoms with E-state index >= 15 is 0 Å². The molecule has 1 aromatic rings. The van der Waals surface area contributed by atoms with E-state index in [1.807, 2.05) is 23.1 Å². The lowest BCUT2D eigenvalue weighted by atomic mass is 10.0. The number of nitrogens with one attached hydrogen (secondary N) is 1. The number of aryl methyl sites for hydroxylation is 1. The third kappa shape index (κ3) is 3.70. The zero-order chi connectivity index (χ0) is 14.8. The van der Waals surface area contributed by atoms with Crippen molar-refractivity contribution in [1.82, 2.24) is 5.32 Å². The molecule has 1 amide bonds. The summed E-state index contributed by atoms with van der Waals surface area (Å²) < 4.78 is 0. The van der Waals surface area contributed by atoms with Gasteiger partial charge < -0.3 is 10.2 Å². The second kappa shape index (κ2) is 5.80. The summed E-state index contributed by atoms with van der Waals surface area (Å²) in [6.45, 7) is 11.8. The number of amides is 1. The summed E-state index contributed by atoms with van der Waals surface area (Å²) >= 11 is 0. The molecule has 0 unspecified atom stereocenters. The number of fused-ring (bicyclic) bond motifs is 1. The van der Waals surface area contributed by atoms with E-state index in [2.05, 4.69) is 38.7 Å². The van der Waals surface area contributed by atoms with Crippen molar-refractivity contribution in [3.8, 4) is 0 Å². The highest BCUT2D eigenvalue weighted by atomic mass is 16.2. The fourth-order valence-electron chi connectivity index (χ4n) is 2.34. The number of hydrogen-bond acceptors (Lipinski definition) is 2. The average molecular weight is 272 g/mol. The number of hydrogen-bond donors (Lipinski definition) is 1. The molecule has 0 atom stereocenters. The minimum absolute atomic E-state index is 0.0623. The summed E-state index contributed by atoms with van der Waals surface area (Å²) in [5, 5.41) is 3.41. The Morgan fingerprint density at radius 1 is 1.30 bits per heavy atom. The lowest BCUT2D eigenvalue weighted by Gasteiger charge is -2.31. The molecule has 20 heavy (non-hydrogen) atoms. The molecule has 0 spiro atoms. The largest absolute Gasteiger partial charge is 0.308 e. The van der Waals surface area contributed by atoms with Crippen LogP contribution in [-0.2, 0) is 11.2 Å². The summed E-state index contributed by atoms with van der Waals surface area (Å²) in [4.78, 5) is 14.0. The van der Waals surface area contributed by atoms with E-state index in [9.17, 15) is 4.79 Å². The minimum Gasteiger partial charge on any atom is -0.308 e. The van der Waals surface area contributed by atoms with Gasteiger partial charge in [-0.05, 0) is 44.4 Å². The van der Waals surface area contributed by atoms with E-state index in [1.165, 1.54) is 5.56 Å². The maximum absolute atomic E-state index is 12.2. The monoisotopic (exact) mass is 272 g/mol. The highest BCUT2D eigenvalue weighted by Gasteiger charge is 2.24. The number of anilines is 1. The number of carbonyl (C=O) groups is 1. The first kappa shape index (κ1) is 14.8. The van der Waals surface area contributed by atoms with Gasteiger partial charge >= 0.3 is 0 Å². The zero-order valence-electron chi connectivity index (χ0n) is 12.7. The summed E-state index contributed by atoms with van der Waals surface area (Å²) in [5.74, 6) is 0.195. The van der Waals surface area contributed by atoms with Crippen molar-refractivity contribution < 1.29 is 4.79 Å². The Hall–Kier alpha value is -1.61. The number of para-hydroxylation sites is 1. The first-order chi connectivity index (χ1) is 9.37. The molecule has 0 saturated heterocycles. The van der Waals surface area contributed by atoms with Crippen LogP contribution in [0.1, 0.15) is 32.8 Å². The van der Waals surface area contributed by atoms with Crippen LogP contribution in [-0.4, -0.2) is 24.5 Å². The lowest BCUT2D eigenvalue weighted by Crippen LogP contribution is -2.41. The second-order valence-electron chi connectivity index (χ2n) is 6.46. The lowest BCUT2D eigenvalue weighted by molar-refractivity contribution is -0.118. The van der Waals surface area contributed by atoms with Crippen LogP contribution in [0.25, 0.3) is 0 Å². The highest BCUT2D eigenvalue weighted by molar-refractivity contribution is 5.96. The van der Waals surface area contributed by atoms with E-state index in [4.69, 9.17) is 0 Å². The molecule has 108 valence electrons. The molecule has 0 fully saturated rings. The van der Waals surface area contributed by atoms with Crippen LogP contribution in [0.4, 0.5) is 5.69 Å². The van der Waals surface area contributed by atoms with Crippen LogP contribution >= 0.6 is 0 Å². The Morgan fingerprint density at radius 3 is 2.70 bits per heavy atom. The molecule has 1 N–H and O–H groups in total. The van der Waals surface area contributed by atoms with Crippen molar-refractivity contribution >= 4 is 11.6 Å². The van der Waals surface area contributed by atoms with E-state index in [0.29, 0.717) is 13.0 Å². The van der Waals surface area contributed by atoms with Crippen LogP contribution in [0.5, 0.6) is 0 Å². The molecule has 0 radical (unpaired) electrons. The summed E-state index contributed by atoms with van der Waals surface area (Å²) in [6.07, 6.45) is 1.44. The van der Waals surface area contributed by atoms with Crippen LogP contribution in [0, 0.1) is 0 Å². The third-order valence-electron chi connectivity index (χ3n) is 3.44. The van der Waals surface area contributed by atoms with Gasteiger partial charge in [-0.25, -0.2) is 0 Å². The molecular weight excluding hydrogens is 248 g/mol. The summed E-state index contributed by atoms with van der Waals surface area (Å²) in [5.41, 5.74) is 3.39. The molecule has 0 aliphatic carbocycles. The molecule has 0 saturated carbocycles. The average Bonchev–Trinajstić information content (AvgIpc) is 2.39. The molecular formula is C17H24N2O. The van der Waals surface area contributed by atoms with Gasteiger partial charge in [0.15, 0.2) is 0 Å². The van der Waals surface area contributed by atoms with Gasteiger partial charge in [0, 0.05) is 30.7 Å². The highest BCUT2D eigenvalue weighted by Crippen LogP contribution is 2.27. The predicted molar refractivity (Wildman–Crippen MR) is 84.0 cm³/mol. The van der Waals surface area contributed by atoms with Gasteiger partial charge in [-0.1, -0.05) is 24.8 Å². The van der Waals surface area contributed by atoms with Crippen molar-refractivity contribution in [2.24, 2.45) is 0 Å². The Bertz CT molecular complexity index is 514. The maximum Gasteiger partial charge on any atom is 0.227 e. The van der Waals surface area contributed by atoms with Gasteiger partial charge in [-0.15, -0.1) is 0 Å². The number of benzene rings is 1. The van der Waals surface area contributed by atoms with Crippen molar-refractivity contribution in [3.05, 3.63) is 42.0 Å². The molecule has 0 aromatic heterocycles. The van der Waals surface area contributed by atoms with Crippen LogP contribution in [0.15, 0.2) is 36.4 Å². The number of rotatable bonds is 4. The third-order valence-corrected chi connectivity index (χ3v) is 3.44. The topological polar surface area (TPSA) is 32.3 Å². The molecule has 0 bridgehead atoms. The van der Waals surface area contributed by atoms with Gasteiger partial charge in [0.1, 0.15) is 0 Å². The molecule has 1 aliphatic rings. The van der Waals surface area contributed by atoms with Gasteiger partial charge in [0.2, 0.25) is 5.91 Å². The van der Waals surface area contributed by atoms with Crippen molar-refractivity contribution in [2.45, 2.75) is 39.2 Å². The molecule has 1 heterocycles. The van der Waals surface area contributed by atoms with Gasteiger partial charge in [0.05, 0.1) is 0 Å². The van der Waals surface area contributed by atoms with Crippen molar-refractivity contribution in [1.29, 1.82) is 0 Å². The van der Waals surface area contributed by atoms with Gasteiger partial charge in [-0.2, -0.15) is 0 Å². The quantitative estimate of drug-likeness (QED) is 0.855. The molecule has 1 aromatic carbocycles. The Kier molecular flexibility index (Phi) is 4.29. The molecule has 3 nitrogen and oxygen atoms in total. The number of carbonyl (C=O) groups excluding carboxylic acids is 1. The second-order valence-corrected chi connectivity index (χ2v) is 6.46. The Morgan fingerprint density at radius 2 is 2.00 bits per heavy atom. The summed E-state index contributed by atoms with van der Waals surface area (Å²) in [6, 6.07) is 8.14. The SMILES string of the molecule is C=C(CNC(C)(C)C)CN1C(=O)CCc2ccccc21. The standard InChI is InChI=1S/C17H24N2O/c1-13(11-18-17(2,3)4)12-19-15-8-6-5-7-14(15)9-10-16(19)20/h5-8,18H,1,9-12H2,2-4H3. The molecule has 1 aliphatic heterocycles. The van der Waals surface area contributed by atoms with Crippen LogP contribution in [0.3, 0.4) is 0 Å². The smallest absolute Gasteiger partial charge is 0.227 e. The van der Waals surface area contributed by atoms with Gasteiger partial charge in [-0.3, -0.25) is 4.79 Å². The Labute approximate surface area is 121 Å². The zero-order valence-corrected chi connectivity index (χ0v) is 12.7. The maximum atomic E-state index is 12.2.